The highest BCUT2D eigenvalue weighted by molar-refractivity contribution is 5.76. The lowest BCUT2D eigenvalue weighted by Crippen LogP contribution is -2.32. The molecule has 0 bridgehead atoms. The Labute approximate surface area is 119 Å². The summed E-state index contributed by atoms with van der Waals surface area (Å²) in [6.45, 7) is 2.29. The Bertz CT molecular complexity index is 434. The van der Waals surface area contributed by atoms with Crippen LogP contribution in [0.3, 0.4) is 0 Å². The molecule has 0 aliphatic heterocycles. The molecule has 0 heterocycles. The van der Waals surface area contributed by atoms with E-state index in [0.29, 0.717) is 6.54 Å². The SMILES string of the molecule is CCC(CNC(=O)CC(N)c1ccccc1)CC(=O)O. The number of amides is 1. The van der Waals surface area contributed by atoms with Gasteiger partial charge in [-0.05, 0) is 11.5 Å². The Balaban J connectivity index is 2.38. The minimum atomic E-state index is -0.841. The molecule has 5 heteroatoms. The van der Waals surface area contributed by atoms with Crippen LogP contribution in [0.4, 0.5) is 0 Å². The maximum Gasteiger partial charge on any atom is 0.303 e. The second kappa shape index (κ2) is 8.32. The van der Waals surface area contributed by atoms with E-state index in [2.05, 4.69) is 5.32 Å². The van der Waals surface area contributed by atoms with Crippen LogP contribution in [0.2, 0.25) is 0 Å². The predicted molar refractivity (Wildman–Crippen MR) is 77.0 cm³/mol. The van der Waals surface area contributed by atoms with E-state index in [9.17, 15) is 9.59 Å². The Kier molecular flexibility index (Phi) is 6.73. The number of hydrogen-bond donors (Lipinski definition) is 3. The lowest BCUT2D eigenvalue weighted by atomic mass is 10.0. The summed E-state index contributed by atoms with van der Waals surface area (Å²) in [7, 11) is 0. The van der Waals surface area contributed by atoms with Crippen molar-refractivity contribution in [3.63, 3.8) is 0 Å². The number of nitrogens with two attached hydrogens (primary N) is 1. The molecule has 2 unspecified atom stereocenters. The van der Waals surface area contributed by atoms with Gasteiger partial charge in [-0.3, -0.25) is 9.59 Å². The third-order valence-corrected chi connectivity index (χ3v) is 3.26. The van der Waals surface area contributed by atoms with E-state index in [1.165, 1.54) is 0 Å². The maximum absolute atomic E-state index is 11.8. The average Bonchev–Trinajstić information content (AvgIpc) is 2.44. The van der Waals surface area contributed by atoms with Crippen molar-refractivity contribution in [3.05, 3.63) is 35.9 Å². The number of carboxylic acids is 1. The fourth-order valence-electron chi connectivity index (χ4n) is 1.96. The van der Waals surface area contributed by atoms with Crippen molar-refractivity contribution in [1.82, 2.24) is 5.32 Å². The van der Waals surface area contributed by atoms with Gasteiger partial charge >= 0.3 is 5.97 Å². The second-order valence-electron chi connectivity index (χ2n) is 4.90. The minimum Gasteiger partial charge on any atom is -0.481 e. The summed E-state index contributed by atoms with van der Waals surface area (Å²) < 4.78 is 0. The van der Waals surface area contributed by atoms with Gasteiger partial charge in [0.25, 0.3) is 0 Å². The smallest absolute Gasteiger partial charge is 0.303 e. The van der Waals surface area contributed by atoms with Gasteiger partial charge < -0.3 is 16.2 Å². The molecule has 0 aliphatic rings. The van der Waals surface area contributed by atoms with E-state index in [-0.39, 0.29) is 30.7 Å². The van der Waals surface area contributed by atoms with Gasteiger partial charge in [0.15, 0.2) is 0 Å². The number of carbonyl (C=O) groups excluding carboxylic acids is 1. The van der Waals surface area contributed by atoms with Crippen LogP contribution in [0, 0.1) is 5.92 Å². The number of carbonyl (C=O) groups is 2. The molecule has 5 nitrogen and oxygen atoms in total. The van der Waals surface area contributed by atoms with Crippen LogP contribution in [-0.2, 0) is 9.59 Å². The first kappa shape index (κ1) is 16.2. The van der Waals surface area contributed by atoms with E-state index >= 15 is 0 Å². The van der Waals surface area contributed by atoms with Crippen molar-refractivity contribution < 1.29 is 14.7 Å². The Morgan fingerprint density at radius 3 is 2.45 bits per heavy atom. The zero-order chi connectivity index (χ0) is 15.0. The topological polar surface area (TPSA) is 92.4 Å². The van der Waals surface area contributed by atoms with E-state index < -0.39 is 5.97 Å². The number of aliphatic carboxylic acids is 1. The predicted octanol–water partition coefficient (Wildman–Crippen LogP) is 1.69. The molecule has 1 aromatic rings. The molecule has 0 spiro atoms. The molecule has 1 aromatic carbocycles. The van der Waals surface area contributed by atoms with Crippen LogP contribution in [-0.4, -0.2) is 23.5 Å². The molecule has 4 N–H and O–H groups in total. The molecule has 0 saturated heterocycles. The summed E-state index contributed by atoms with van der Waals surface area (Å²) in [6.07, 6.45) is 0.992. The van der Waals surface area contributed by atoms with Crippen molar-refractivity contribution in [2.24, 2.45) is 11.7 Å². The third-order valence-electron chi connectivity index (χ3n) is 3.26. The van der Waals surface area contributed by atoms with Crippen LogP contribution in [0.1, 0.15) is 37.8 Å². The molecular weight excluding hydrogens is 256 g/mol. The monoisotopic (exact) mass is 278 g/mol. The molecule has 0 saturated carbocycles. The molecular formula is C15H22N2O3. The van der Waals surface area contributed by atoms with Crippen LogP contribution >= 0.6 is 0 Å². The zero-order valence-corrected chi connectivity index (χ0v) is 11.7. The molecule has 2 atom stereocenters. The van der Waals surface area contributed by atoms with Crippen LogP contribution < -0.4 is 11.1 Å². The van der Waals surface area contributed by atoms with Gasteiger partial charge in [-0.15, -0.1) is 0 Å². The minimum absolute atomic E-state index is 0.0376. The molecule has 1 rings (SSSR count). The number of rotatable bonds is 8. The van der Waals surface area contributed by atoms with Gasteiger partial charge in [0.1, 0.15) is 0 Å². The van der Waals surface area contributed by atoms with Crippen LogP contribution in [0.25, 0.3) is 0 Å². The Hall–Kier alpha value is -1.88. The van der Waals surface area contributed by atoms with Crippen molar-refractivity contribution in [3.8, 4) is 0 Å². The highest BCUT2D eigenvalue weighted by Crippen LogP contribution is 2.13. The van der Waals surface area contributed by atoms with Gasteiger partial charge in [-0.25, -0.2) is 0 Å². The van der Waals surface area contributed by atoms with Crippen molar-refractivity contribution >= 4 is 11.9 Å². The Morgan fingerprint density at radius 2 is 1.90 bits per heavy atom. The van der Waals surface area contributed by atoms with Gasteiger partial charge in [-0.1, -0.05) is 43.7 Å². The maximum atomic E-state index is 11.8. The molecule has 1 amide bonds. The van der Waals surface area contributed by atoms with Crippen molar-refractivity contribution in [2.45, 2.75) is 32.2 Å². The largest absolute Gasteiger partial charge is 0.481 e. The summed E-state index contributed by atoms with van der Waals surface area (Å²) in [5.74, 6) is -1.03. The van der Waals surface area contributed by atoms with Crippen molar-refractivity contribution in [2.75, 3.05) is 6.54 Å². The average molecular weight is 278 g/mol. The summed E-state index contributed by atoms with van der Waals surface area (Å²) >= 11 is 0. The number of carboxylic acid groups (broad SMARTS) is 1. The first-order valence-electron chi connectivity index (χ1n) is 6.82. The van der Waals surface area contributed by atoms with Gasteiger partial charge in [0.05, 0.1) is 0 Å². The van der Waals surface area contributed by atoms with Gasteiger partial charge in [0, 0.05) is 25.4 Å². The summed E-state index contributed by atoms with van der Waals surface area (Å²) in [5, 5.41) is 11.5. The Morgan fingerprint density at radius 1 is 1.25 bits per heavy atom. The van der Waals surface area contributed by atoms with Crippen LogP contribution in [0.15, 0.2) is 30.3 Å². The van der Waals surface area contributed by atoms with E-state index in [1.807, 2.05) is 37.3 Å². The lowest BCUT2D eigenvalue weighted by molar-refractivity contribution is -0.138. The highest BCUT2D eigenvalue weighted by Gasteiger charge is 2.15. The van der Waals surface area contributed by atoms with Gasteiger partial charge in [0.2, 0.25) is 5.91 Å². The molecule has 0 fully saturated rings. The molecule has 110 valence electrons. The fraction of sp³-hybridized carbons (Fsp3) is 0.467. The van der Waals surface area contributed by atoms with E-state index in [1.54, 1.807) is 0 Å². The molecule has 0 aromatic heterocycles. The number of hydrogen-bond acceptors (Lipinski definition) is 3. The molecule has 20 heavy (non-hydrogen) atoms. The second-order valence-corrected chi connectivity index (χ2v) is 4.90. The number of nitrogens with one attached hydrogen (secondary N) is 1. The fourth-order valence-corrected chi connectivity index (χ4v) is 1.96. The van der Waals surface area contributed by atoms with Crippen LogP contribution in [0.5, 0.6) is 0 Å². The third kappa shape index (κ3) is 5.84. The summed E-state index contributed by atoms with van der Waals surface area (Å²) in [6, 6.07) is 9.10. The van der Waals surface area contributed by atoms with Gasteiger partial charge in [-0.2, -0.15) is 0 Å². The highest BCUT2D eigenvalue weighted by atomic mass is 16.4. The number of benzene rings is 1. The lowest BCUT2D eigenvalue weighted by Gasteiger charge is -2.15. The normalized spacial score (nSPS) is 13.5. The summed E-state index contributed by atoms with van der Waals surface area (Å²) in [4.78, 5) is 22.4. The summed E-state index contributed by atoms with van der Waals surface area (Å²) in [5.41, 5.74) is 6.88. The van der Waals surface area contributed by atoms with Crippen molar-refractivity contribution in [1.29, 1.82) is 0 Å². The van der Waals surface area contributed by atoms with E-state index in [0.717, 1.165) is 12.0 Å². The van der Waals surface area contributed by atoms with E-state index in [4.69, 9.17) is 10.8 Å². The first-order chi connectivity index (χ1) is 9.52. The molecule has 0 radical (unpaired) electrons. The molecule has 0 aliphatic carbocycles. The zero-order valence-electron chi connectivity index (χ0n) is 11.7. The first-order valence-corrected chi connectivity index (χ1v) is 6.82. The quantitative estimate of drug-likeness (QED) is 0.674. The standard InChI is InChI=1S/C15H22N2O3/c1-2-11(8-15(19)20)10-17-14(18)9-13(16)12-6-4-3-5-7-12/h3-7,11,13H,2,8-10,16H2,1H3,(H,17,18)(H,19,20).